The fourth-order valence-corrected chi connectivity index (χ4v) is 3.34. The Hall–Kier alpha value is -1.65. The van der Waals surface area contributed by atoms with Crippen LogP contribution in [-0.4, -0.2) is 15.6 Å². The van der Waals surface area contributed by atoms with E-state index in [0.29, 0.717) is 5.92 Å². The number of nitrogens with one attached hydrogen (secondary N) is 1. The molecule has 2 atom stereocenters. The van der Waals surface area contributed by atoms with Crippen LogP contribution in [0.1, 0.15) is 36.2 Å². The van der Waals surface area contributed by atoms with E-state index in [1.165, 1.54) is 17.5 Å². The number of imidazole rings is 1. The molecular weight excluding hydrogens is 248 g/mol. The van der Waals surface area contributed by atoms with Gasteiger partial charge in [-0.15, -0.1) is 0 Å². The monoisotopic (exact) mass is 270 g/mol. The minimum absolute atomic E-state index is 0.242. The van der Waals surface area contributed by atoms with Crippen molar-refractivity contribution in [2.24, 2.45) is 5.84 Å². The third-order valence-corrected chi connectivity index (χ3v) is 4.42. The summed E-state index contributed by atoms with van der Waals surface area (Å²) in [6.45, 7) is 3.09. The Balaban J connectivity index is 1.81. The number of nitrogens with zero attached hydrogens (tertiary/aromatic N) is 2. The Morgan fingerprint density at radius 1 is 1.45 bits per heavy atom. The fourth-order valence-electron chi connectivity index (χ4n) is 3.34. The van der Waals surface area contributed by atoms with E-state index in [4.69, 9.17) is 5.84 Å². The maximum Gasteiger partial charge on any atom is 0.110 e. The molecule has 0 bridgehead atoms. The minimum Gasteiger partial charge on any atom is -0.335 e. The summed E-state index contributed by atoms with van der Waals surface area (Å²) in [6.07, 6.45) is 7.10. The molecule has 3 N–H and O–H groups in total. The van der Waals surface area contributed by atoms with Gasteiger partial charge in [-0.3, -0.25) is 11.3 Å². The van der Waals surface area contributed by atoms with Crippen LogP contribution in [0.3, 0.4) is 0 Å². The topological polar surface area (TPSA) is 55.9 Å². The standard InChI is InChI=1S/C16H22N4/c1-2-20-10-9-18-16(20)11-15(19-17)14-8-7-12-5-3-4-6-13(12)14/h3-6,9-10,14-15,19H,2,7-8,11,17H2,1H3. The third-order valence-electron chi connectivity index (χ3n) is 4.42. The molecule has 0 amide bonds. The SMILES string of the molecule is CCn1ccnc1CC(NN)C1CCc2ccccc21. The second-order valence-corrected chi connectivity index (χ2v) is 5.45. The van der Waals surface area contributed by atoms with Crippen molar-refractivity contribution < 1.29 is 0 Å². The molecule has 1 aromatic heterocycles. The van der Waals surface area contributed by atoms with Crippen LogP contribution in [0.5, 0.6) is 0 Å². The van der Waals surface area contributed by atoms with Crippen LogP contribution < -0.4 is 11.3 Å². The van der Waals surface area contributed by atoms with Gasteiger partial charge in [-0.05, 0) is 30.9 Å². The summed E-state index contributed by atoms with van der Waals surface area (Å²) in [4.78, 5) is 4.47. The molecule has 0 saturated heterocycles. The lowest BCUT2D eigenvalue weighted by atomic mass is 9.91. The van der Waals surface area contributed by atoms with Crippen LogP contribution in [0.2, 0.25) is 0 Å². The van der Waals surface area contributed by atoms with Gasteiger partial charge in [-0.2, -0.15) is 0 Å². The second kappa shape index (κ2) is 5.77. The highest BCUT2D eigenvalue weighted by atomic mass is 15.2. The van der Waals surface area contributed by atoms with E-state index in [0.717, 1.165) is 25.2 Å². The zero-order valence-corrected chi connectivity index (χ0v) is 11.9. The predicted octanol–water partition coefficient (Wildman–Crippen LogP) is 2.01. The van der Waals surface area contributed by atoms with Crippen molar-refractivity contribution in [3.8, 4) is 0 Å². The van der Waals surface area contributed by atoms with E-state index in [1.54, 1.807) is 0 Å². The fraction of sp³-hybridized carbons (Fsp3) is 0.438. The number of fused-ring (bicyclic) bond motifs is 1. The average Bonchev–Trinajstić information content (AvgIpc) is 3.11. The summed E-state index contributed by atoms with van der Waals surface area (Å²) < 4.78 is 2.19. The van der Waals surface area contributed by atoms with Crippen LogP contribution in [0.15, 0.2) is 36.7 Å². The Morgan fingerprint density at radius 2 is 2.30 bits per heavy atom. The lowest BCUT2D eigenvalue weighted by molar-refractivity contribution is 0.421. The lowest BCUT2D eigenvalue weighted by Gasteiger charge is -2.23. The molecule has 0 spiro atoms. The zero-order valence-electron chi connectivity index (χ0n) is 11.9. The van der Waals surface area contributed by atoms with Gasteiger partial charge in [0, 0.05) is 37.3 Å². The predicted molar refractivity (Wildman–Crippen MR) is 80.2 cm³/mol. The second-order valence-electron chi connectivity index (χ2n) is 5.45. The molecule has 3 rings (SSSR count). The van der Waals surface area contributed by atoms with E-state index in [1.807, 2.05) is 12.4 Å². The summed E-state index contributed by atoms with van der Waals surface area (Å²) in [5.41, 5.74) is 5.94. The van der Waals surface area contributed by atoms with Crippen LogP contribution in [0.25, 0.3) is 0 Å². The van der Waals surface area contributed by atoms with Crippen LogP contribution in [0.4, 0.5) is 0 Å². The minimum atomic E-state index is 0.242. The molecule has 0 aliphatic heterocycles. The highest BCUT2D eigenvalue weighted by Gasteiger charge is 2.29. The molecule has 0 radical (unpaired) electrons. The number of benzene rings is 1. The van der Waals surface area contributed by atoms with Crippen molar-refractivity contribution in [1.29, 1.82) is 0 Å². The summed E-state index contributed by atoms with van der Waals surface area (Å²) in [7, 11) is 0. The van der Waals surface area contributed by atoms with Crippen molar-refractivity contribution in [2.45, 2.75) is 44.7 Å². The normalized spacial score (nSPS) is 19.0. The number of hydrogen-bond donors (Lipinski definition) is 2. The van der Waals surface area contributed by atoms with Gasteiger partial charge in [0.2, 0.25) is 0 Å². The molecule has 0 saturated carbocycles. The van der Waals surface area contributed by atoms with Gasteiger partial charge in [0.05, 0.1) is 0 Å². The maximum atomic E-state index is 5.83. The number of nitrogens with two attached hydrogens (primary N) is 1. The Bertz CT molecular complexity index is 575. The van der Waals surface area contributed by atoms with Gasteiger partial charge in [-0.1, -0.05) is 24.3 Å². The molecule has 1 heterocycles. The molecule has 0 fully saturated rings. The summed E-state index contributed by atoms with van der Waals surface area (Å²) >= 11 is 0. The molecule has 2 unspecified atom stereocenters. The Kier molecular flexibility index (Phi) is 3.85. The number of hydrogen-bond acceptors (Lipinski definition) is 3. The molecular formula is C16H22N4. The van der Waals surface area contributed by atoms with Crippen molar-refractivity contribution in [1.82, 2.24) is 15.0 Å². The molecule has 20 heavy (non-hydrogen) atoms. The first kappa shape index (κ1) is 13.3. The van der Waals surface area contributed by atoms with Crippen molar-refractivity contribution in [2.75, 3.05) is 0 Å². The molecule has 1 aliphatic carbocycles. The summed E-state index contributed by atoms with van der Waals surface area (Å²) in [5.74, 6) is 7.43. The molecule has 4 heteroatoms. The quantitative estimate of drug-likeness (QED) is 0.645. The van der Waals surface area contributed by atoms with Gasteiger partial charge in [0.1, 0.15) is 5.82 Å². The Labute approximate surface area is 120 Å². The largest absolute Gasteiger partial charge is 0.335 e. The molecule has 1 aromatic carbocycles. The van der Waals surface area contributed by atoms with E-state index in [9.17, 15) is 0 Å². The highest BCUT2D eigenvalue weighted by molar-refractivity contribution is 5.36. The van der Waals surface area contributed by atoms with Gasteiger partial charge >= 0.3 is 0 Å². The van der Waals surface area contributed by atoms with E-state index in [2.05, 4.69) is 46.2 Å². The first-order chi connectivity index (χ1) is 9.83. The Morgan fingerprint density at radius 3 is 3.10 bits per heavy atom. The average molecular weight is 270 g/mol. The third kappa shape index (κ3) is 2.37. The van der Waals surface area contributed by atoms with Crippen molar-refractivity contribution >= 4 is 0 Å². The van der Waals surface area contributed by atoms with Crippen LogP contribution in [0, 0.1) is 0 Å². The summed E-state index contributed by atoms with van der Waals surface area (Å²) in [5, 5.41) is 0. The van der Waals surface area contributed by atoms with Crippen LogP contribution in [-0.2, 0) is 19.4 Å². The van der Waals surface area contributed by atoms with E-state index >= 15 is 0 Å². The van der Waals surface area contributed by atoms with Crippen molar-refractivity contribution in [3.05, 3.63) is 53.6 Å². The molecule has 106 valence electrons. The zero-order chi connectivity index (χ0) is 13.9. The van der Waals surface area contributed by atoms with E-state index < -0.39 is 0 Å². The highest BCUT2D eigenvalue weighted by Crippen LogP contribution is 2.35. The van der Waals surface area contributed by atoms with Crippen molar-refractivity contribution in [3.63, 3.8) is 0 Å². The maximum absolute atomic E-state index is 5.83. The van der Waals surface area contributed by atoms with Gasteiger partial charge < -0.3 is 4.57 Å². The first-order valence-electron chi connectivity index (χ1n) is 7.37. The number of aryl methyl sites for hydroxylation is 2. The van der Waals surface area contributed by atoms with Crippen LogP contribution >= 0.6 is 0 Å². The van der Waals surface area contributed by atoms with Gasteiger partial charge in [0.25, 0.3) is 0 Å². The molecule has 1 aliphatic rings. The van der Waals surface area contributed by atoms with E-state index in [-0.39, 0.29) is 6.04 Å². The van der Waals surface area contributed by atoms with Gasteiger partial charge in [0.15, 0.2) is 0 Å². The number of aromatic nitrogens is 2. The smallest absolute Gasteiger partial charge is 0.110 e. The molecule has 4 nitrogen and oxygen atoms in total. The first-order valence-corrected chi connectivity index (χ1v) is 7.37. The molecule has 2 aromatic rings. The lowest BCUT2D eigenvalue weighted by Crippen LogP contribution is -2.41. The summed E-state index contributed by atoms with van der Waals surface area (Å²) in [6, 6.07) is 8.96. The number of hydrazine groups is 1. The van der Waals surface area contributed by atoms with Gasteiger partial charge in [-0.25, -0.2) is 4.98 Å². The number of rotatable bonds is 5.